The number of nitrogens with two attached hydrogens (primary N) is 2. The maximum Gasteiger partial charge on any atom is 0.416 e. The number of hydrogen-bond donors (Lipinski definition) is 3. The normalized spacial score (nSPS) is 11.8. The molecule has 0 atom stereocenters. The number of hydrazine groups is 1. The molecule has 18 heavy (non-hydrogen) atoms. The second-order valence-corrected chi connectivity index (χ2v) is 4.58. The van der Waals surface area contributed by atoms with Crippen LogP contribution in [-0.4, -0.2) is 5.91 Å². The van der Waals surface area contributed by atoms with Crippen molar-refractivity contribution in [3.63, 3.8) is 0 Å². The number of nitrogen functional groups attached to an aromatic ring is 2. The molecule has 1 aromatic heterocycles. The zero-order valence-corrected chi connectivity index (χ0v) is 9.65. The second kappa shape index (κ2) is 4.14. The number of hydrogen-bond acceptors (Lipinski definition) is 4. The van der Waals surface area contributed by atoms with E-state index in [9.17, 15) is 18.0 Å². The first-order valence-electron chi connectivity index (χ1n) is 4.74. The zero-order chi connectivity index (χ0) is 13.5. The van der Waals surface area contributed by atoms with E-state index in [1.54, 1.807) is 0 Å². The van der Waals surface area contributed by atoms with Gasteiger partial charge in [-0.15, -0.1) is 11.3 Å². The van der Waals surface area contributed by atoms with E-state index in [0.717, 1.165) is 23.5 Å². The van der Waals surface area contributed by atoms with Gasteiger partial charge in [0, 0.05) is 10.1 Å². The second-order valence-electron chi connectivity index (χ2n) is 3.53. The van der Waals surface area contributed by atoms with Crippen molar-refractivity contribution < 1.29 is 18.0 Å². The zero-order valence-electron chi connectivity index (χ0n) is 8.84. The highest BCUT2D eigenvalue weighted by molar-refractivity contribution is 7.21. The van der Waals surface area contributed by atoms with Gasteiger partial charge >= 0.3 is 6.18 Å². The fourth-order valence-electron chi connectivity index (χ4n) is 1.53. The minimum absolute atomic E-state index is 0.104. The van der Waals surface area contributed by atoms with Crippen LogP contribution in [0.4, 0.5) is 18.9 Å². The van der Waals surface area contributed by atoms with Crippen LogP contribution in [-0.2, 0) is 6.18 Å². The molecule has 0 saturated carbocycles. The van der Waals surface area contributed by atoms with Crippen molar-refractivity contribution in [3.8, 4) is 0 Å². The monoisotopic (exact) mass is 275 g/mol. The molecule has 0 bridgehead atoms. The van der Waals surface area contributed by atoms with E-state index in [-0.39, 0.29) is 10.6 Å². The van der Waals surface area contributed by atoms with Gasteiger partial charge in [0.2, 0.25) is 0 Å². The van der Waals surface area contributed by atoms with Gasteiger partial charge < -0.3 is 5.73 Å². The summed E-state index contributed by atoms with van der Waals surface area (Å²) in [5.41, 5.74) is 6.93. The highest BCUT2D eigenvalue weighted by Gasteiger charge is 2.31. The van der Waals surface area contributed by atoms with Gasteiger partial charge in [0.25, 0.3) is 5.91 Å². The highest BCUT2D eigenvalue weighted by Crippen LogP contribution is 2.38. The number of carbonyl (C=O) groups is 1. The third-order valence-corrected chi connectivity index (χ3v) is 3.56. The van der Waals surface area contributed by atoms with Crippen LogP contribution in [0, 0.1) is 0 Å². The van der Waals surface area contributed by atoms with Crippen molar-refractivity contribution in [1.82, 2.24) is 5.43 Å². The molecule has 0 radical (unpaired) electrons. The number of rotatable bonds is 1. The lowest BCUT2D eigenvalue weighted by Gasteiger charge is -2.05. The molecule has 0 saturated heterocycles. The van der Waals surface area contributed by atoms with E-state index >= 15 is 0 Å². The lowest BCUT2D eigenvalue weighted by molar-refractivity contribution is -0.137. The van der Waals surface area contributed by atoms with Crippen molar-refractivity contribution in [2.45, 2.75) is 6.18 Å². The lowest BCUT2D eigenvalue weighted by atomic mass is 10.1. The molecule has 2 rings (SSSR count). The first kappa shape index (κ1) is 12.7. The predicted octanol–water partition coefficient (Wildman–Crippen LogP) is 2.11. The molecular formula is C10H8F3N3OS. The number of fused-ring (bicyclic) bond motifs is 1. The van der Waals surface area contributed by atoms with Crippen molar-refractivity contribution >= 4 is 33.0 Å². The Balaban J connectivity index is 2.62. The van der Waals surface area contributed by atoms with Gasteiger partial charge in [0.05, 0.1) is 11.3 Å². The standard InChI is InChI=1S/C10H8F3N3OS/c11-10(12,13)4-1-2-5-6(3-4)18-8(7(5)14)9(17)16-15/h1-3H,14-15H2,(H,16,17). The molecule has 0 aliphatic heterocycles. The Morgan fingerprint density at radius 1 is 1.33 bits per heavy atom. The van der Waals surface area contributed by atoms with Crippen LogP contribution in [0.3, 0.4) is 0 Å². The molecule has 96 valence electrons. The van der Waals surface area contributed by atoms with Crippen molar-refractivity contribution in [3.05, 3.63) is 28.6 Å². The Bertz CT molecular complexity index is 621. The topological polar surface area (TPSA) is 81.1 Å². The van der Waals surface area contributed by atoms with Gasteiger partial charge in [-0.05, 0) is 12.1 Å². The van der Waals surface area contributed by atoms with E-state index in [0.29, 0.717) is 10.1 Å². The van der Waals surface area contributed by atoms with Crippen LogP contribution in [0.2, 0.25) is 0 Å². The molecule has 5 N–H and O–H groups in total. The molecular weight excluding hydrogens is 267 g/mol. The summed E-state index contributed by atoms with van der Waals surface area (Å²) < 4.78 is 37.9. The minimum atomic E-state index is -4.43. The van der Waals surface area contributed by atoms with Crippen LogP contribution in [0.25, 0.3) is 10.1 Å². The molecule has 2 aromatic rings. The molecule has 1 heterocycles. The summed E-state index contributed by atoms with van der Waals surface area (Å²) in [5, 5.41) is 0.409. The Kier molecular flexibility index (Phi) is 2.91. The molecule has 0 spiro atoms. The molecule has 0 unspecified atom stereocenters. The van der Waals surface area contributed by atoms with Crippen molar-refractivity contribution in [1.29, 1.82) is 0 Å². The van der Waals surface area contributed by atoms with Crippen LogP contribution >= 0.6 is 11.3 Å². The van der Waals surface area contributed by atoms with Gasteiger partial charge in [-0.1, -0.05) is 6.07 Å². The minimum Gasteiger partial charge on any atom is -0.397 e. The van der Waals surface area contributed by atoms with Gasteiger partial charge in [-0.3, -0.25) is 10.2 Å². The SMILES string of the molecule is NNC(=O)c1sc2cc(C(F)(F)F)ccc2c1N. The van der Waals surface area contributed by atoms with Gasteiger partial charge in [0.15, 0.2) is 0 Å². The van der Waals surface area contributed by atoms with Gasteiger partial charge in [0.1, 0.15) is 4.88 Å². The number of thiophene rings is 1. The summed E-state index contributed by atoms with van der Waals surface area (Å²) in [7, 11) is 0. The molecule has 1 aromatic carbocycles. The number of benzene rings is 1. The number of nitrogens with one attached hydrogen (secondary N) is 1. The maximum absolute atomic E-state index is 12.5. The fraction of sp³-hybridized carbons (Fsp3) is 0.100. The molecule has 0 fully saturated rings. The number of halogens is 3. The van der Waals surface area contributed by atoms with E-state index in [2.05, 4.69) is 0 Å². The number of amides is 1. The summed E-state index contributed by atoms with van der Waals surface area (Å²) in [6, 6.07) is 3.14. The number of carbonyl (C=O) groups excluding carboxylic acids is 1. The summed E-state index contributed by atoms with van der Waals surface area (Å²) >= 11 is 0.870. The largest absolute Gasteiger partial charge is 0.416 e. The first-order chi connectivity index (χ1) is 8.34. The Morgan fingerprint density at radius 2 is 2.00 bits per heavy atom. The van der Waals surface area contributed by atoms with Gasteiger partial charge in [-0.25, -0.2) is 5.84 Å². The molecule has 4 nitrogen and oxygen atoms in total. The summed E-state index contributed by atoms with van der Waals surface area (Å²) in [4.78, 5) is 11.5. The Morgan fingerprint density at radius 3 is 2.56 bits per heavy atom. The summed E-state index contributed by atoms with van der Waals surface area (Å²) in [6.07, 6.45) is -4.43. The van der Waals surface area contributed by atoms with E-state index < -0.39 is 17.6 Å². The lowest BCUT2D eigenvalue weighted by Crippen LogP contribution is -2.29. The third kappa shape index (κ3) is 2.00. The molecule has 8 heteroatoms. The van der Waals surface area contributed by atoms with E-state index in [4.69, 9.17) is 11.6 Å². The average Bonchev–Trinajstić information content (AvgIpc) is 2.64. The quantitative estimate of drug-likeness (QED) is 0.423. The predicted molar refractivity (Wildman–Crippen MR) is 62.9 cm³/mol. The highest BCUT2D eigenvalue weighted by atomic mass is 32.1. The molecule has 0 aliphatic carbocycles. The number of anilines is 1. The average molecular weight is 275 g/mol. The molecule has 0 aliphatic rings. The molecule has 1 amide bonds. The van der Waals surface area contributed by atoms with E-state index in [1.165, 1.54) is 6.07 Å². The number of alkyl halides is 3. The first-order valence-corrected chi connectivity index (χ1v) is 5.56. The van der Waals surface area contributed by atoms with Crippen LogP contribution in [0.1, 0.15) is 15.2 Å². The smallest absolute Gasteiger partial charge is 0.397 e. The maximum atomic E-state index is 12.5. The van der Waals surface area contributed by atoms with E-state index in [1.807, 2.05) is 5.43 Å². The Hall–Kier alpha value is -1.80. The van der Waals surface area contributed by atoms with Crippen LogP contribution in [0.5, 0.6) is 0 Å². The van der Waals surface area contributed by atoms with Crippen molar-refractivity contribution in [2.24, 2.45) is 5.84 Å². The van der Waals surface area contributed by atoms with Crippen molar-refractivity contribution in [2.75, 3.05) is 5.73 Å². The third-order valence-electron chi connectivity index (χ3n) is 2.39. The van der Waals surface area contributed by atoms with Gasteiger partial charge in [-0.2, -0.15) is 13.2 Å². The summed E-state index contributed by atoms with van der Waals surface area (Å²) in [5.74, 6) is 4.34. The van der Waals surface area contributed by atoms with Crippen LogP contribution < -0.4 is 17.0 Å². The Labute approximate surface area is 103 Å². The van der Waals surface area contributed by atoms with Crippen LogP contribution in [0.15, 0.2) is 18.2 Å². The fourth-order valence-corrected chi connectivity index (χ4v) is 2.59. The summed E-state index contributed by atoms with van der Waals surface area (Å²) in [6.45, 7) is 0.